The van der Waals surface area contributed by atoms with Crippen LogP contribution in [0.3, 0.4) is 0 Å². The standard InChI is InChI=1S/C41H25N5O/c1-3-12-28(13-4-1)39-44-40(29-14-5-2-6-15-29)46-41(45-39)30-21-19-27(20-22-30)36-38-33(32-17-9-10-18-35(32)47-38)25-34(43-36)37-31-16-8-7-11-26(31)23-24-42-37/h1-25H. The molecule has 0 radical (unpaired) electrons. The summed E-state index contributed by atoms with van der Waals surface area (Å²) in [5.74, 6) is 1.85. The largest absolute Gasteiger partial charge is 0.454 e. The van der Waals surface area contributed by atoms with Crippen LogP contribution in [0.4, 0.5) is 0 Å². The van der Waals surface area contributed by atoms with Gasteiger partial charge in [0.15, 0.2) is 23.1 Å². The SMILES string of the molecule is c1ccc(-c2nc(-c3ccccc3)nc(-c3ccc(-c4nc(-c5nccc6ccccc56)cc5c4oc4ccccc45)cc3)n2)cc1. The third-order valence-electron chi connectivity index (χ3n) is 8.39. The van der Waals surface area contributed by atoms with Gasteiger partial charge in [-0.2, -0.15) is 0 Å². The van der Waals surface area contributed by atoms with Crippen LogP contribution in [-0.4, -0.2) is 24.9 Å². The van der Waals surface area contributed by atoms with Crippen molar-refractivity contribution in [3.63, 3.8) is 0 Å². The van der Waals surface area contributed by atoms with Crippen molar-refractivity contribution < 1.29 is 4.42 Å². The highest BCUT2D eigenvalue weighted by molar-refractivity contribution is 6.10. The molecule has 0 atom stereocenters. The van der Waals surface area contributed by atoms with Gasteiger partial charge in [0.2, 0.25) is 0 Å². The molecule has 0 spiro atoms. The molecule has 0 aliphatic carbocycles. The second kappa shape index (κ2) is 11.1. The third kappa shape index (κ3) is 4.80. The van der Waals surface area contributed by atoms with E-state index in [0.717, 1.165) is 72.0 Å². The highest BCUT2D eigenvalue weighted by atomic mass is 16.3. The van der Waals surface area contributed by atoms with Gasteiger partial charge in [0.05, 0.1) is 11.4 Å². The van der Waals surface area contributed by atoms with E-state index in [1.807, 2.05) is 115 Å². The maximum atomic E-state index is 6.44. The predicted octanol–water partition coefficient (Wildman–Crippen LogP) is 10.0. The number of hydrogen-bond donors (Lipinski definition) is 0. The average molecular weight is 604 g/mol. The first kappa shape index (κ1) is 26.8. The summed E-state index contributed by atoms with van der Waals surface area (Å²) in [5, 5.41) is 4.20. The van der Waals surface area contributed by atoms with Crippen molar-refractivity contribution in [3.05, 3.63) is 152 Å². The van der Waals surface area contributed by atoms with Gasteiger partial charge in [-0.3, -0.25) is 4.98 Å². The maximum Gasteiger partial charge on any atom is 0.164 e. The van der Waals surface area contributed by atoms with Crippen LogP contribution in [0.25, 0.3) is 89.5 Å². The van der Waals surface area contributed by atoms with E-state index in [4.69, 9.17) is 29.3 Å². The summed E-state index contributed by atoms with van der Waals surface area (Å²) in [7, 11) is 0. The van der Waals surface area contributed by atoms with E-state index in [1.54, 1.807) is 0 Å². The molecule has 9 rings (SSSR count). The van der Waals surface area contributed by atoms with E-state index >= 15 is 0 Å². The van der Waals surface area contributed by atoms with Crippen LogP contribution in [0.2, 0.25) is 0 Å². The number of furan rings is 1. The molecular weight excluding hydrogens is 578 g/mol. The number of fused-ring (bicyclic) bond motifs is 4. The van der Waals surface area contributed by atoms with Gasteiger partial charge in [-0.05, 0) is 23.6 Å². The lowest BCUT2D eigenvalue weighted by Crippen LogP contribution is -2.00. The Morgan fingerprint density at radius 3 is 1.64 bits per heavy atom. The highest BCUT2D eigenvalue weighted by Gasteiger charge is 2.19. The number of pyridine rings is 2. The molecule has 6 heteroatoms. The minimum Gasteiger partial charge on any atom is -0.454 e. The topological polar surface area (TPSA) is 77.6 Å². The Kier molecular flexibility index (Phi) is 6.35. The van der Waals surface area contributed by atoms with Gasteiger partial charge in [0, 0.05) is 44.6 Å². The monoisotopic (exact) mass is 603 g/mol. The molecule has 0 aliphatic heterocycles. The molecular formula is C41H25N5O. The predicted molar refractivity (Wildman–Crippen MR) is 187 cm³/mol. The van der Waals surface area contributed by atoms with Crippen LogP contribution >= 0.6 is 0 Å². The van der Waals surface area contributed by atoms with Gasteiger partial charge >= 0.3 is 0 Å². The van der Waals surface area contributed by atoms with Gasteiger partial charge in [-0.1, -0.05) is 127 Å². The lowest BCUT2D eigenvalue weighted by atomic mass is 10.0. The Bertz CT molecular complexity index is 2500. The third-order valence-corrected chi connectivity index (χ3v) is 8.39. The van der Waals surface area contributed by atoms with Crippen LogP contribution in [-0.2, 0) is 0 Å². The van der Waals surface area contributed by atoms with E-state index in [9.17, 15) is 0 Å². The van der Waals surface area contributed by atoms with E-state index in [2.05, 4.69) is 36.4 Å². The maximum absolute atomic E-state index is 6.44. The van der Waals surface area contributed by atoms with Gasteiger partial charge in [-0.15, -0.1) is 0 Å². The zero-order valence-corrected chi connectivity index (χ0v) is 25.1. The molecule has 0 amide bonds. The molecule has 4 heterocycles. The first-order chi connectivity index (χ1) is 23.3. The van der Waals surface area contributed by atoms with Crippen LogP contribution < -0.4 is 0 Å². The number of nitrogens with zero attached hydrogens (tertiary/aromatic N) is 5. The van der Waals surface area contributed by atoms with E-state index < -0.39 is 0 Å². The number of para-hydroxylation sites is 1. The van der Waals surface area contributed by atoms with Crippen molar-refractivity contribution in [1.82, 2.24) is 24.9 Å². The molecule has 47 heavy (non-hydrogen) atoms. The molecule has 0 unspecified atom stereocenters. The van der Waals surface area contributed by atoms with Crippen LogP contribution in [0.15, 0.2) is 156 Å². The van der Waals surface area contributed by atoms with Crippen molar-refractivity contribution in [3.8, 4) is 56.8 Å². The minimum absolute atomic E-state index is 0.597. The highest BCUT2D eigenvalue weighted by Crippen LogP contribution is 2.38. The zero-order valence-electron chi connectivity index (χ0n) is 25.1. The molecule has 5 aromatic carbocycles. The second-order valence-corrected chi connectivity index (χ2v) is 11.3. The Morgan fingerprint density at radius 1 is 0.404 bits per heavy atom. The minimum atomic E-state index is 0.597. The lowest BCUT2D eigenvalue weighted by molar-refractivity contribution is 0.668. The summed E-state index contributed by atoms with van der Waals surface area (Å²) in [6.07, 6.45) is 1.84. The molecule has 0 saturated heterocycles. The summed E-state index contributed by atoms with van der Waals surface area (Å²) in [4.78, 5) is 24.6. The van der Waals surface area contributed by atoms with Crippen LogP contribution in [0, 0.1) is 0 Å². The normalized spacial score (nSPS) is 11.4. The summed E-state index contributed by atoms with van der Waals surface area (Å²) in [6.45, 7) is 0. The number of benzene rings is 5. The van der Waals surface area contributed by atoms with Gasteiger partial charge in [0.25, 0.3) is 0 Å². The molecule has 0 aliphatic rings. The second-order valence-electron chi connectivity index (χ2n) is 11.3. The molecule has 0 fully saturated rings. The quantitative estimate of drug-likeness (QED) is 0.195. The van der Waals surface area contributed by atoms with Gasteiger partial charge in [0.1, 0.15) is 11.3 Å². The fourth-order valence-electron chi connectivity index (χ4n) is 6.08. The summed E-state index contributed by atoms with van der Waals surface area (Å²) in [5.41, 5.74) is 7.58. The Labute approximate surface area is 270 Å². The fraction of sp³-hybridized carbons (Fsp3) is 0. The van der Waals surface area contributed by atoms with Crippen molar-refractivity contribution in [2.75, 3.05) is 0 Å². The zero-order chi connectivity index (χ0) is 31.2. The average Bonchev–Trinajstić information content (AvgIpc) is 3.53. The first-order valence-electron chi connectivity index (χ1n) is 15.4. The molecule has 0 bridgehead atoms. The number of rotatable bonds is 5. The molecule has 6 nitrogen and oxygen atoms in total. The van der Waals surface area contributed by atoms with Crippen molar-refractivity contribution in [2.45, 2.75) is 0 Å². The molecule has 9 aromatic rings. The van der Waals surface area contributed by atoms with Gasteiger partial charge in [-0.25, -0.2) is 19.9 Å². The first-order valence-corrected chi connectivity index (χ1v) is 15.4. The lowest BCUT2D eigenvalue weighted by Gasteiger charge is -2.10. The van der Waals surface area contributed by atoms with Gasteiger partial charge < -0.3 is 4.42 Å². The van der Waals surface area contributed by atoms with Crippen LogP contribution in [0.5, 0.6) is 0 Å². The summed E-state index contributed by atoms with van der Waals surface area (Å²) in [6, 6.07) is 48.6. The summed E-state index contributed by atoms with van der Waals surface area (Å²) >= 11 is 0. The Balaban J connectivity index is 1.20. The fourth-order valence-corrected chi connectivity index (χ4v) is 6.08. The smallest absolute Gasteiger partial charge is 0.164 e. The molecule has 0 saturated carbocycles. The summed E-state index contributed by atoms with van der Waals surface area (Å²) < 4.78 is 6.44. The Hall–Kier alpha value is -6.53. The van der Waals surface area contributed by atoms with Crippen molar-refractivity contribution in [1.29, 1.82) is 0 Å². The van der Waals surface area contributed by atoms with Crippen molar-refractivity contribution >= 4 is 32.7 Å². The number of aromatic nitrogens is 5. The van der Waals surface area contributed by atoms with E-state index in [-0.39, 0.29) is 0 Å². The van der Waals surface area contributed by atoms with Crippen LogP contribution in [0.1, 0.15) is 0 Å². The Morgan fingerprint density at radius 2 is 0.957 bits per heavy atom. The number of hydrogen-bond acceptors (Lipinski definition) is 6. The van der Waals surface area contributed by atoms with E-state index in [1.165, 1.54) is 0 Å². The molecule has 220 valence electrons. The van der Waals surface area contributed by atoms with E-state index in [0.29, 0.717) is 17.5 Å². The van der Waals surface area contributed by atoms with Crippen molar-refractivity contribution in [2.24, 2.45) is 0 Å². The molecule has 0 N–H and O–H groups in total. The molecule has 4 aromatic heterocycles.